The number of hydrogen-bond donors (Lipinski definition) is 3. The monoisotopic (exact) mass is 403 g/mol. The predicted octanol–water partition coefficient (Wildman–Crippen LogP) is 4.57. The minimum atomic E-state index is -0.127. The number of nitrogens with one attached hydrogen (secondary N) is 3. The lowest BCUT2D eigenvalue weighted by Gasteiger charge is -2.26. The highest BCUT2D eigenvalue weighted by Gasteiger charge is 2.30. The first-order chi connectivity index (χ1) is 14.7. The van der Waals surface area contributed by atoms with Gasteiger partial charge in [-0.1, -0.05) is 62.6 Å². The Hall–Kier alpha value is -3.08. The van der Waals surface area contributed by atoms with Crippen LogP contribution in [0.3, 0.4) is 0 Å². The van der Waals surface area contributed by atoms with Gasteiger partial charge in [-0.2, -0.15) is 0 Å². The second-order valence-corrected chi connectivity index (χ2v) is 8.07. The molecule has 0 unspecified atom stereocenters. The first kappa shape index (κ1) is 20.2. The lowest BCUT2D eigenvalue weighted by molar-refractivity contribution is -0.110. The summed E-state index contributed by atoms with van der Waals surface area (Å²) in [7, 11) is 0. The molecule has 3 N–H and O–H groups in total. The van der Waals surface area contributed by atoms with Crippen LogP contribution in [0.5, 0.6) is 0 Å². The van der Waals surface area contributed by atoms with Crippen molar-refractivity contribution < 1.29 is 9.59 Å². The second kappa shape index (κ2) is 9.16. The standard InChI is InChI=1S/C25H29N3O2/c1-2-15-26-24(29)18-13-14-20-21(16-18)28-25(30)22(20)23(17-9-5-3-6-10-17)27-19-11-7-4-8-12-19/h3,5-6,9-10,13-14,16,19,27H,2,4,7-8,11-12,15H2,1H3,(H,26,29)(H,28,30)/b23-22-. The van der Waals surface area contributed by atoms with Gasteiger partial charge in [0.1, 0.15) is 0 Å². The summed E-state index contributed by atoms with van der Waals surface area (Å²) in [4.78, 5) is 25.4. The van der Waals surface area contributed by atoms with E-state index in [0.717, 1.165) is 36.1 Å². The molecule has 0 aromatic heterocycles. The highest BCUT2D eigenvalue weighted by Crippen LogP contribution is 2.37. The van der Waals surface area contributed by atoms with Crippen LogP contribution in [0.4, 0.5) is 5.69 Å². The number of amides is 2. The normalized spacial score (nSPS) is 17.8. The van der Waals surface area contributed by atoms with Crippen LogP contribution >= 0.6 is 0 Å². The third kappa shape index (κ3) is 4.25. The SMILES string of the molecule is CCCNC(=O)c1ccc2c(c1)NC(=O)/C2=C(\NC1CCCCC1)c1ccccc1. The fourth-order valence-corrected chi connectivity index (χ4v) is 4.26. The molecular formula is C25H29N3O2. The van der Waals surface area contributed by atoms with Gasteiger partial charge in [0.2, 0.25) is 0 Å². The van der Waals surface area contributed by atoms with Crippen molar-refractivity contribution in [2.75, 3.05) is 11.9 Å². The van der Waals surface area contributed by atoms with Gasteiger partial charge in [-0.05, 0) is 37.0 Å². The Kier molecular flexibility index (Phi) is 6.17. The van der Waals surface area contributed by atoms with Crippen LogP contribution in [0.25, 0.3) is 11.3 Å². The number of anilines is 1. The Morgan fingerprint density at radius 2 is 1.80 bits per heavy atom. The lowest BCUT2D eigenvalue weighted by atomic mass is 9.93. The maximum absolute atomic E-state index is 13.0. The molecule has 5 heteroatoms. The average Bonchev–Trinajstić information content (AvgIpc) is 3.11. The van der Waals surface area contributed by atoms with E-state index in [1.165, 1.54) is 19.3 Å². The van der Waals surface area contributed by atoms with E-state index < -0.39 is 0 Å². The zero-order valence-electron chi connectivity index (χ0n) is 17.5. The van der Waals surface area contributed by atoms with Crippen LogP contribution in [0.2, 0.25) is 0 Å². The molecule has 2 aliphatic rings. The van der Waals surface area contributed by atoms with Gasteiger partial charge >= 0.3 is 0 Å². The van der Waals surface area contributed by atoms with Crippen molar-refractivity contribution in [2.45, 2.75) is 51.5 Å². The molecule has 5 nitrogen and oxygen atoms in total. The number of fused-ring (bicyclic) bond motifs is 1. The summed E-state index contributed by atoms with van der Waals surface area (Å²) in [5, 5.41) is 9.55. The van der Waals surface area contributed by atoms with E-state index in [0.29, 0.717) is 29.4 Å². The Labute approximate surface area is 178 Å². The Morgan fingerprint density at radius 3 is 2.53 bits per heavy atom. The molecule has 4 rings (SSSR count). The van der Waals surface area contributed by atoms with Crippen LogP contribution in [-0.2, 0) is 4.79 Å². The molecule has 0 saturated heterocycles. The summed E-state index contributed by atoms with van der Waals surface area (Å²) in [5.74, 6) is -0.242. The molecule has 2 aromatic rings. The van der Waals surface area contributed by atoms with Crippen LogP contribution in [0.15, 0.2) is 48.5 Å². The van der Waals surface area contributed by atoms with Crippen LogP contribution in [0.1, 0.15) is 66.9 Å². The molecule has 1 saturated carbocycles. The molecule has 1 fully saturated rings. The zero-order valence-corrected chi connectivity index (χ0v) is 17.5. The zero-order chi connectivity index (χ0) is 20.9. The molecule has 156 valence electrons. The smallest absolute Gasteiger partial charge is 0.258 e. The van der Waals surface area contributed by atoms with Crippen LogP contribution in [0, 0.1) is 0 Å². The van der Waals surface area contributed by atoms with Gasteiger partial charge in [0.15, 0.2) is 0 Å². The fourth-order valence-electron chi connectivity index (χ4n) is 4.26. The summed E-state index contributed by atoms with van der Waals surface area (Å²) >= 11 is 0. The first-order valence-electron chi connectivity index (χ1n) is 11.0. The summed E-state index contributed by atoms with van der Waals surface area (Å²) in [6.07, 6.45) is 6.83. The minimum absolute atomic E-state index is 0.116. The number of hydrogen-bond acceptors (Lipinski definition) is 3. The van der Waals surface area contributed by atoms with Crippen molar-refractivity contribution >= 4 is 28.8 Å². The molecule has 1 aliphatic heterocycles. The quantitative estimate of drug-likeness (QED) is 0.619. The number of benzene rings is 2. The van der Waals surface area contributed by atoms with E-state index in [9.17, 15) is 9.59 Å². The topological polar surface area (TPSA) is 70.2 Å². The Morgan fingerprint density at radius 1 is 1.03 bits per heavy atom. The van der Waals surface area contributed by atoms with Crippen molar-refractivity contribution in [3.63, 3.8) is 0 Å². The minimum Gasteiger partial charge on any atom is -0.381 e. The second-order valence-electron chi connectivity index (χ2n) is 8.07. The molecule has 0 radical (unpaired) electrons. The van der Waals surface area contributed by atoms with Crippen molar-refractivity contribution in [1.29, 1.82) is 0 Å². The van der Waals surface area contributed by atoms with E-state index in [-0.39, 0.29) is 11.8 Å². The summed E-state index contributed by atoms with van der Waals surface area (Å²) in [6.45, 7) is 2.65. The number of carbonyl (C=O) groups excluding carboxylic acids is 2. The lowest BCUT2D eigenvalue weighted by Crippen LogP contribution is -2.31. The van der Waals surface area contributed by atoms with E-state index in [1.54, 1.807) is 12.1 Å². The molecule has 0 atom stereocenters. The van der Waals surface area contributed by atoms with Gasteiger partial charge < -0.3 is 16.0 Å². The first-order valence-corrected chi connectivity index (χ1v) is 11.0. The third-order valence-electron chi connectivity index (χ3n) is 5.83. The van der Waals surface area contributed by atoms with E-state index in [2.05, 4.69) is 16.0 Å². The molecule has 0 spiro atoms. The number of carbonyl (C=O) groups is 2. The van der Waals surface area contributed by atoms with Crippen molar-refractivity contribution in [3.05, 3.63) is 65.2 Å². The van der Waals surface area contributed by atoms with Gasteiger partial charge in [-0.3, -0.25) is 9.59 Å². The summed E-state index contributed by atoms with van der Waals surface area (Å²) in [6, 6.07) is 15.9. The molecule has 0 bridgehead atoms. The molecule has 30 heavy (non-hydrogen) atoms. The van der Waals surface area contributed by atoms with Gasteiger partial charge in [0.05, 0.1) is 11.3 Å². The maximum atomic E-state index is 13.0. The highest BCUT2D eigenvalue weighted by atomic mass is 16.2. The molecule has 2 amide bonds. The Bertz CT molecular complexity index is 960. The van der Waals surface area contributed by atoms with Crippen molar-refractivity contribution in [3.8, 4) is 0 Å². The highest BCUT2D eigenvalue weighted by molar-refractivity contribution is 6.36. The van der Waals surface area contributed by atoms with Crippen molar-refractivity contribution in [2.24, 2.45) is 0 Å². The molecule has 1 aliphatic carbocycles. The third-order valence-corrected chi connectivity index (χ3v) is 5.83. The molecular weight excluding hydrogens is 374 g/mol. The van der Waals surface area contributed by atoms with Crippen LogP contribution in [-0.4, -0.2) is 24.4 Å². The number of rotatable bonds is 6. The van der Waals surface area contributed by atoms with E-state index in [1.807, 2.05) is 43.3 Å². The fraction of sp³-hybridized carbons (Fsp3) is 0.360. The molecule has 2 aromatic carbocycles. The van der Waals surface area contributed by atoms with Gasteiger partial charge in [0.25, 0.3) is 11.8 Å². The van der Waals surface area contributed by atoms with E-state index in [4.69, 9.17) is 0 Å². The molecule has 1 heterocycles. The summed E-state index contributed by atoms with van der Waals surface area (Å²) in [5.41, 5.74) is 4.63. The van der Waals surface area contributed by atoms with E-state index >= 15 is 0 Å². The van der Waals surface area contributed by atoms with Gasteiger partial charge in [-0.15, -0.1) is 0 Å². The van der Waals surface area contributed by atoms with Crippen LogP contribution < -0.4 is 16.0 Å². The maximum Gasteiger partial charge on any atom is 0.258 e. The predicted molar refractivity (Wildman–Crippen MR) is 121 cm³/mol. The largest absolute Gasteiger partial charge is 0.381 e. The summed E-state index contributed by atoms with van der Waals surface area (Å²) < 4.78 is 0. The van der Waals surface area contributed by atoms with Gasteiger partial charge in [-0.25, -0.2) is 0 Å². The Balaban J connectivity index is 1.73. The average molecular weight is 404 g/mol. The van der Waals surface area contributed by atoms with Gasteiger partial charge in [0, 0.05) is 29.4 Å². The van der Waals surface area contributed by atoms with Crippen molar-refractivity contribution in [1.82, 2.24) is 10.6 Å².